The molecule has 0 spiro atoms. The largest absolute Gasteiger partial charge is 0.493 e. The summed E-state index contributed by atoms with van der Waals surface area (Å²) in [6.07, 6.45) is 4.41. The van der Waals surface area contributed by atoms with Crippen LogP contribution in [-0.2, 0) is 13.1 Å². The van der Waals surface area contributed by atoms with Gasteiger partial charge in [-0.1, -0.05) is 42.5 Å². The highest BCUT2D eigenvalue weighted by Crippen LogP contribution is 2.30. The van der Waals surface area contributed by atoms with Crippen molar-refractivity contribution in [2.75, 3.05) is 13.7 Å². The van der Waals surface area contributed by atoms with Crippen molar-refractivity contribution < 1.29 is 4.74 Å². The molecule has 1 aromatic heterocycles. The minimum atomic E-state index is 0.661. The van der Waals surface area contributed by atoms with Crippen LogP contribution < -0.4 is 15.4 Å². The second-order valence-electron chi connectivity index (χ2n) is 7.13. The highest BCUT2D eigenvalue weighted by molar-refractivity contribution is 5.83. The predicted octanol–water partition coefficient (Wildman–Crippen LogP) is 3.89. The van der Waals surface area contributed by atoms with Gasteiger partial charge in [0, 0.05) is 37.3 Å². The molecule has 5 nitrogen and oxygen atoms in total. The van der Waals surface area contributed by atoms with Crippen LogP contribution in [0, 0.1) is 5.92 Å². The lowest BCUT2D eigenvalue weighted by atomic mass is 10.1. The average Bonchev–Trinajstić information content (AvgIpc) is 3.57. The number of para-hydroxylation sites is 2. The smallest absolute Gasteiger partial charge is 0.191 e. The topological polar surface area (TPSA) is 58.5 Å². The Labute approximate surface area is 165 Å². The van der Waals surface area contributed by atoms with E-state index in [4.69, 9.17) is 4.74 Å². The third kappa shape index (κ3) is 4.60. The zero-order valence-electron chi connectivity index (χ0n) is 16.2. The Bertz CT molecular complexity index is 960. The number of hydrogen-bond acceptors (Lipinski definition) is 3. The summed E-state index contributed by atoms with van der Waals surface area (Å²) in [4.78, 5) is 8.86. The summed E-state index contributed by atoms with van der Waals surface area (Å²) in [5.74, 6) is 2.45. The van der Waals surface area contributed by atoms with Crippen molar-refractivity contribution in [1.82, 2.24) is 15.6 Å². The van der Waals surface area contributed by atoms with Gasteiger partial charge >= 0.3 is 0 Å². The molecule has 2 aromatic carbocycles. The van der Waals surface area contributed by atoms with Crippen molar-refractivity contribution in [3.63, 3.8) is 0 Å². The fourth-order valence-corrected chi connectivity index (χ4v) is 3.17. The molecule has 0 atom stereocenters. The zero-order chi connectivity index (χ0) is 19.2. The molecule has 3 aromatic rings. The summed E-state index contributed by atoms with van der Waals surface area (Å²) in [5, 5.41) is 7.92. The third-order valence-electron chi connectivity index (χ3n) is 4.98. The SMILES string of the molecule is CN=C(NCc1ccccc1OCC1CC1)NCc1cccc2cccnc12. The molecular formula is C23H26N4O. The summed E-state index contributed by atoms with van der Waals surface area (Å²) >= 11 is 0. The average molecular weight is 374 g/mol. The quantitative estimate of drug-likeness (QED) is 0.487. The van der Waals surface area contributed by atoms with Crippen molar-refractivity contribution in [2.45, 2.75) is 25.9 Å². The summed E-state index contributed by atoms with van der Waals surface area (Å²) in [6, 6.07) is 18.5. The lowest BCUT2D eigenvalue weighted by Gasteiger charge is -2.15. The molecule has 0 radical (unpaired) electrons. The van der Waals surface area contributed by atoms with E-state index in [1.807, 2.05) is 30.5 Å². The first-order valence-corrected chi connectivity index (χ1v) is 9.81. The number of nitrogens with zero attached hydrogens (tertiary/aromatic N) is 2. The molecular weight excluding hydrogens is 348 g/mol. The van der Waals surface area contributed by atoms with E-state index >= 15 is 0 Å². The molecule has 1 saturated carbocycles. The lowest BCUT2D eigenvalue weighted by molar-refractivity contribution is 0.296. The van der Waals surface area contributed by atoms with Crippen molar-refractivity contribution in [2.24, 2.45) is 10.9 Å². The van der Waals surface area contributed by atoms with E-state index in [1.54, 1.807) is 7.05 Å². The van der Waals surface area contributed by atoms with E-state index in [9.17, 15) is 0 Å². The standard InChI is InChI=1S/C23H26N4O/c1-24-23(27-15-20-8-4-7-18-9-5-13-25-22(18)20)26-14-19-6-2-3-10-21(19)28-16-17-11-12-17/h2-10,13,17H,11-12,14-16H2,1H3,(H2,24,26,27). The minimum Gasteiger partial charge on any atom is -0.493 e. The molecule has 0 bridgehead atoms. The van der Waals surface area contributed by atoms with Gasteiger partial charge in [-0.15, -0.1) is 0 Å². The van der Waals surface area contributed by atoms with Crippen LogP contribution in [0.1, 0.15) is 24.0 Å². The monoisotopic (exact) mass is 374 g/mol. The maximum atomic E-state index is 6.00. The normalized spacial score (nSPS) is 14.1. The van der Waals surface area contributed by atoms with Gasteiger partial charge in [0.25, 0.3) is 0 Å². The maximum Gasteiger partial charge on any atom is 0.191 e. The Morgan fingerprint density at radius 3 is 2.57 bits per heavy atom. The molecule has 0 aliphatic heterocycles. The molecule has 1 aliphatic carbocycles. The van der Waals surface area contributed by atoms with Gasteiger partial charge in [0.2, 0.25) is 0 Å². The number of aromatic nitrogens is 1. The first kappa shape index (κ1) is 18.3. The van der Waals surface area contributed by atoms with Crippen molar-refractivity contribution in [1.29, 1.82) is 0 Å². The molecule has 144 valence electrons. The Hall–Kier alpha value is -3.08. The third-order valence-corrected chi connectivity index (χ3v) is 4.98. The Kier molecular flexibility index (Phi) is 5.71. The lowest BCUT2D eigenvalue weighted by Crippen LogP contribution is -2.36. The first-order chi connectivity index (χ1) is 13.8. The molecule has 0 amide bonds. The van der Waals surface area contributed by atoms with E-state index in [0.29, 0.717) is 13.1 Å². The highest BCUT2D eigenvalue weighted by Gasteiger charge is 2.22. The summed E-state index contributed by atoms with van der Waals surface area (Å²) in [6.45, 7) is 2.14. The highest BCUT2D eigenvalue weighted by atomic mass is 16.5. The molecule has 4 rings (SSSR count). The fourth-order valence-electron chi connectivity index (χ4n) is 3.17. The maximum absolute atomic E-state index is 6.00. The molecule has 1 heterocycles. The van der Waals surface area contributed by atoms with Crippen LogP contribution in [-0.4, -0.2) is 24.6 Å². The van der Waals surface area contributed by atoms with Gasteiger partial charge in [-0.2, -0.15) is 0 Å². The van der Waals surface area contributed by atoms with Crippen LogP contribution in [0.15, 0.2) is 65.8 Å². The van der Waals surface area contributed by atoms with Gasteiger partial charge in [0.1, 0.15) is 5.75 Å². The first-order valence-electron chi connectivity index (χ1n) is 9.81. The van der Waals surface area contributed by atoms with E-state index in [1.165, 1.54) is 12.8 Å². The van der Waals surface area contributed by atoms with Crippen molar-refractivity contribution >= 4 is 16.9 Å². The Morgan fingerprint density at radius 2 is 1.75 bits per heavy atom. The number of nitrogens with one attached hydrogen (secondary N) is 2. The second-order valence-corrected chi connectivity index (χ2v) is 7.13. The van der Waals surface area contributed by atoms with Crippen LogP contribution in [0.3, 0.4) is 0 Å². The summed E-state index contributed by atoms with van der Waals surface area (Å²) in [7, 11) is 1.78. The number of benzene rings is 2. The number of rotatable bonds is 7. The van der Waals surface area contributed by atoms with E-state index in [2.05, 4.69) is 50.9 Å². The van der Waals surface area contributed by atoms with Crippen LogP contribution in [0.2, 0.25) is 0 Å². The van der Waals surface area contributed by atoms with Crippen LogP contribution in [0.5, 0.6) is 5.75 Å². The Balaban J connectivity index is 1.36. The van der Waals surface area contributed by atoms with Gasteiger partial charge in [-0.3, -0.25) is 9.98 Å². The van der Waals surface area contributed by atoms with Gasteiger partial charge in [-0.25, -0.2) is 0 Å². The Morgan fingerprint density at radius 1 is 1.00 bits per heavy atom. The van der Waals surface area contributed by atoms with E-state index in [-0.39, 0.29) is 0 Å². The number of guanidine groups is 1. The summed E-state index contributed by atoms with van der Waals surface area (Å²) in [5.41, 5.74) is 3.30. The second kappa shape index (κ2) is 8.74. The van der Waals surface area contributed by atoms with Crippen LogP contribution >= 0.6 is 0 Å². The molecule has 1 aliphatic rings. The van der Waals surface area contributed by atoms with Gasteiger partial charge in [-0.05, 0) is 36.5 Å². The molecule has 0 saturated heterocycles. The van der Waals surface area contributed by atoms with Gasteiger partial charge in [0.05, 0.1) is 12.1 Å². The molecule has 0 unspecified atom stereocenters. The number of aliphatic imine (C=N–C) groups is 1. The van der Waals surface area contributed by atoms with Crippen molar-refractivity contribution in [3.8, 4) is 5.75 Å². The minimum absolute atomic E-state index is 0.661. The number of pyridine rings is 1. The fraction of sp³-hybridized carbons (Fsp3) is 0.304. The van der Waals surface area contributed by atoms with Crippen molar-refractivity contribution in [3.05, 3.63) is 71.9 Å². The predicted molar refractivity (Wildman–Crippen MR) is 113 cm³/mol. The zero-order valence-corrected chi connectivity index (χ0v) is 16.2. The van der Waals surface area contributed by atoms with Gasteiger partial charge < -0.3 is 15.4 Å². The van der Waals surface area contributed by atoms with Crippen LogP contribution in [0.4, 0.5) is 0 Å². The summed E-state index contributed by atoms with van der Waals surface area (Å²) < 4.78 is 6.00. The van der Waals surface area contributed by atoms with Crippen LogP contribution in [0.25, 0.3) is 10.9 Å². The van der Waals surface area contributed by atoms with Gasteiger partial charge in [0.15, 0.2) is 5.96 Å². The number of hydrogen-bond donors (Lipinski definition) is 2. The number of ether oxygens (including phenoxy) is 1. The van der Waals surface area contributed by atoms with E-state index < -0.39 is 0 Å². The molecule has 1 fully saturated rings. The molecule has 2 N–H and O–H groups in total. The van der Waals surface area contributed by atoms with E-state index in [0.717, 1.165) is 46.3 Å². The number of fused-ring (bicyclic) bond motifs is 1. The molecule has 5 heteroatoms. The molecule has 28 heavy (non-hydrogen) atoms.